The van der Waals surface area contributed by atoms with Gasteiger partial charge in [0, 0.05) is 40.6 Å². The Morgan fingerprint density at radius 1 is 0.970 bits per heavy atom. The molecule has 33 heavy (non-hydrogen) atoms. The standard InChI is InChI=1S/C25H23N5OS2/c1-2-30-21-11-7-6-10-19(21)20-14-18(12-13-22(20)30)27-23(31)16-32-25-29-28-24(33-25)26-15-17-8-4-3-5-9-17/h3-14H,2,15-16H2,1H3,(H,26,28)(H,27,31). The summed E-state index contributed by atoms with van der Waals surface area (Å²) in [6.07, 6.45) is 0. The molecule has 6 nitrogen and oxygen atoms in total. The number of nitrogens with one attached hydrogen (secondary N) is 2. The highest BCUT2D eigenvalue weighted by Gasteiger charge is 2.12. The summed E-state index contributed by atoms with van der Waals surface area (Å²) >= 11 is 2.85. The van der Waals surface area contributed by atoms with Crippen molar-refractivity contribution in [1.29, 1.82) is 0 Å². The van der Waals surface area contributed by atoms with E-state index < -0.39 is 0 Å². The quantitative estimate of drug-likeness (QED) is 0.270. The van der Waals surface area contributed by atoms with Crippen LogP contribution in [-0.2, 0) is 17.9 Å². The second-order valence-corrected chi connectivity index (χ2v) is 9.74. The third kappa shape index (κ3) is 4.72. The maximum absolute atomic E-state index is 12.6. The highest BCUT2D eigenvalue weighted by atomic mass is 32.2. The Kier molecular flexibility index (Phi) is 6.28. The molecule has 8 heteroatoms. The average molecular weight is 474 g/mol. The number of carbonyl (C=O) groups excluding carboxylic acids is 1. The summed E-state index contributed by atoms with van der Waals surface area (Å²) in [7, 11) is 0. The zero-order chi connectivity index (χ0) is 22.6. The van der Waals surface area contributed by atoms with Gasteiger partial charge in [0.05, 0.1) is 5.75 Å². The van der Waals surface area contributed by atoms with Gasteiger partial charge in [-0.3, -0.25) is 4.79 Å². The van der Waals surface area contributed by atoms with E-state index in [2.05, 4.69) is 80.9 Å². The number of nitrogens with zero attached hydrogens (tertiary/aromatic N) is 3. The van der Waals surface area contributed by atoms with Crippen LogP contribution >= 0.6 is 23.1 Å². The molecule has 0 aliphatic rings. The first-order valence-corrected chi connectivity index (χ1v) is 12.6. The summed E-state index contributed by atoms with van der Waals surface area (Å²) in [5.41, 5.74) is 4.37. The van der Waals surface area contributed by atoms with Gasteiger partial charge in [-0.1, -0.05) is 71.6 Å². The van der Waals surface area contributed by atoms with Gasteiger partial charge in [-0.2, -0.15) is 0 Å². The fourth-order valence-electron chi connectivity index (χ4n) is 3.91. The normalized spacial score (nSPS) is 11.2. The van der Waals surface area contributed by atoms with Crippen molar-refractivity contribution < 1.29 is 4.79 Å². The molecule has 0 unspecified atom stereocenters. The predicted octanol–water partition coefficient (Wildman–Crippen LogP) is 6.01. The van der Waals surface area contributed by atoms with Gasteiger partial charge < -0.3 is 15.2 Å². The van der Waals surface area contributed by atoms with Gasteiger partial charge in [0.25, 0.3) is 0 Å². The Bertz CT molecular complexity index is 1410. The average Bonchev–Trinajstić information content (AvgIpc) is 3.44. The van der Waals surface area contributed by atoms with Crippen molar-refractivity contribution in [3.05, 3.63) is 78.4 Å². The summed E-state index contributed by atoms with van der Waals surface area (Å²) < 4.78 is 3.06. The van der Waals surface area contributed by atoms with Crippen molar-refractivity contribution in [2.75, 3.05) is 16.4 Å². The lowest BCUT2D eigenvalue weighted by molar-refractivity contribution is -0.113. The second-order valence-electron chi connectivity index (χ2n) is 7.54. The number of anilines is 2. The van der Waals surface area contributed by atoms with E-state index in [0.29, 0.717) is 6.54 Å². The van der Waals surface area contributed by atoms with Crippen LogP contribution in [0.1, 0.15) is 12.5 Å². The molecule has 0 saturated heterocycles. The molecule has 166 valence electrons. The van der Waals surface area contributed by atoms with Crippen LogP contribution in [0.4, 0.5) is 10.8 Å². The number of aryl methyl sites for hydroxylation is 1. The lowest BCUT2D eigenvalue weighted by Gasteiger charge is -2.06. The molecule has 2 heterocycles. The molecule has 0 bridgehead atoms. The molecule has 0 spiro atoms. The molecule has 0 atom stereocenters. The summed E-state index contributed by atoms with van der Waals surface area (Å²) in [6.45, 7) is 3.74. The fraction of sp³-hybridized carbons (Fsp3) is 0.160. The molecule has 0 aliphatic carbocycles. The van der Waals surface area contributed by atoms with Gasteiger partial charge in [-0.05, 0) is 36.8 Å². The van der Waals surface area contributed by atoms with Crippen LogP contribution in [0.5, 0.6) is 0 Å². The van der Waals surface area contributed by atoms with Crippen molar-refractivity contribution >= 4 is 61.6 Å². The van der Waals surface area contributed by atoms with E-state index >= 15 is 0 Å². The SMILES string of the molecule is CCn1c2ccccc2c2cc(NC(=O)CSc3nnc(NCc4ccccc4)s3)ccc21. The first kappa shape index (κ1) is 21.5. The first-order chi connectivity index (χ1) is 16.2. The van der Waals surface area contributed by atoms with Gasteiger partial charge in [-0.25, -0.2) is 0 Å². The number of fused-ring (bicyclic) bond motifs is 3. The maximum Gasteiger partial charge on any atom is 0.234 e. The van der Waals surface area contributed by atoms with Crippen molar-refractivity contribution in [1.82, 2.24) is 14.8 Å². The number of para-hydroxylation sites is 1. The monoisotopic (exact) mass is 473 g/mol. The molecule has 0 fully saturated rings. The van der Waals surface area contributed by atoms with Crippen LogP contribution in [0.25, 0.3) is 21.8 Å². The molecule has 0 radical (unpaired) electrons. The second kappa shape index (κ2) is 9.64. The van der Waals surface area contributed by atoms with Crippen LogP contribution in [0, 0.1) is 0 Å². The third-order valence-electron chi connectivity index (χ3n) is 5.39. The smallest absolute Gasteiger partial charge is 0.234 e. The van der Waals surface area contributed by atoms with Crippen LogP contribution in [-0.4, -0.2) is 26.4 Å². The maximum atomic E-state index is 12.6. The third-order valence-corrected chi connectivity index (χ3v) is 7.41. The number of amides is 1. The Balaban J connectivity index is 1.21. The van der Waals surface area contributed by atoms with Crippen molar-refractivity contribution in [2.24, 2.45) is 0 Å². The van der Waals surface area contributed by atoms with Gasteiger partial charge in [0.1, 0.15) is 0 Å². The minimum atomic E-state index is -0.0624. The van der Waals surface area contributed by atoms with Crippen LogP contribution in [0.2, 0.25) is 0 Å². The molecular weight excluding hydrogens is 450 g/mol. The molecule has 3 aromatic carbocycles. The Labute approximate surface area is 200 Å². The number of hydrogen-bond acceptors (Lipinski definition) is 6. The molecule has 5 rings (SSSR count). The zero-order valence-electron chi connectivity index (χ0n) is 18.1. The topological polar surface area (TPSA) is 71.8 Å². The summed E-state index contributed by atoms with van der Waals surface area (Å²) in [4.78, 5) is 12.6. The number of rotatable bonds is 8. The predicted molar refractivity (Wildman–Crippen MR) is 138 cm³/mol. The van der Waals surface area contributed by atoms with E-state index in [4.69, 9.17) is 0 Å². The fourth-order valence-corrected chi connectivity index (χ4v) is 5.46. The summed E-state index contributed by atoms with van der Waals surface area (Å²) in [5.74, 6) is 0.217. The Morgan fingerprint density at radius 3 is 2.61 bits per heavy atom. The molecule has 2 N–H and O–H groups in total. The van der Waals surface area contributed by atoms with Gasteiger partial charge in [-0.15, -0.1) is 10.2 Å². The molecular formula is C25H23N5OS2. The van der Waals surface area contributed by atoms with E-state index in [9.17, 15) is 4.79 Å². The molecule has 2 aromatic heterocycles. The minimum absolute atomic E-state index is 0.0624. The van der Waals surface area contributed by atoms with Crippen LogP contribution in [0.15, 0.2) is 77.1 Å². The Morgan fingerprint density at radius 2 is 1.76 bits per heavy atom. The molecule has 5 aromatic rings. The highest BCUT2D eigenvalue weighted by Crippen LogP contribution is 2.31. The molecule has 0 aliphatic heterocycles. The largest absolute Gasteiger partial charge is 0.356 e. The van der Waals surface area contributed by atoms with E-state index in [0.717, 1.165) is 27.1 Å². The Hall–Kier alpha value is -3.36. The zero-order valence-corrected chi connectivity index (χ0v) is 19.7. The van der Waals surface area contributed by atoms with Gasteiger partial charge >= 0.3 is 0 Å². The molecule has 1 amide bonds. The van der Waals surface area contributed by atoms with Gasteiger partial charge in [0.15, 0.2) is 4.34 Å². The first-order valence-electron chi connectivity index (χ1n) is 10.8. The van der Waals surface area contributed by atoms with Crippen LogP contribution in [0.3, 0.4) is 0 Å². The number of aromatic nitrogens is 3. The van der Waals surface area contributed by atoms with Crippen LogP contribution < -0.4 is 10.6 Å². The van der Waals surface area contributed by atoms with E-state index in [-0.39, 0.29) is 11.7 Å². The number of benzene rings is 3. The lowest BCUT2D eigenvalue weighted by atomic mass is 10.1. The summed E-state index contributed by atoms with van der Waals surface area (Å²) in [5, 5.41) is 17.7. The number of hydrogen-bond donors (Lipinski definition) is 2. The van der Waals surface area contributed by atoms with E-state index in [1.54, 1.807) is 0 Å². The number of carbonyl (C=O) groups is 1. The van der Waals surface area contributed by atoms with Crippen molar-refractivity contribution in [3.63, 3.8) is 0 Å². The summed E-state index contributed by atoms with van der Waals surface area (Å²) in [6, 6.07) is 24.6. The highest BCUT2D eigenvalue weighted by molar-refractivity contribution is 8.01. The molecule has 0 saturated carbocycles. The van der Waals surface area contributed by atoms with Gasteiger partial charge in [0.2, 0.25) is 11.0 Å². The minimum Gasteiger partial charge on any atom is -0.356 e. The number of thioether (sulfide) groups is 1. The van der Waals surface area contributed by atoms with Crippen molar-refractivity contribution in [2.45, 2.75) is 24.4 Å². The van der Waals surface area contributed by atoms with Crippen molar-refractivity contribution in [3.8, 4) is 0 Å². The van der Waals surface area contributed by atoms with E-state index in [1.807, 2.05) is 24.3 Å². The van der Waals surface area contributed by atoms with E-state index in [1.165, 1.54) is 45.1 Å². The lowest BCUT2D eigenvalue weighted by Crippen LogP contribution is -2.13.